The maximum atomic E-state index is 13.0. The number of amides is 2. The molecule has 0 radical (unpaired) electrons. The van der Waals surface area contributed by atoms with Crippen LogP contribution in [0, 0.1) is 0 Å². The fraction of sp³-hybridized carbons (Fsp3) is 0.556. The van der Waals surface area contributed by atoms with Crippen LogP contribution in [0.2, 0.25) is 0 Å². The Kier molecular flexibility index (Phi) is 6.04. The van der Waals surface area contributed by atoms with Crippen LogP contribution in [0.5, 0.6) is 0 Å². The highest BCUT2D eigenvalue weighted by molar-refractivity contribution is 7.89. The molecule has 3 unspecified atom stereocenters. The maximum absolute atomic E-state index is 13.0. The molecule has 0 aromatic heterocycles. The molecule has 28 heavy (non-hydrogen) atoms. The molecule has 3 rings (SSSR count). The second kappa shape index (κ2) is 8.16. The zero-order valence-electron chi connectivity index (χ0n) is 15.9. The summed E-state index contributed by atoms with van der Waals surface area (Å²) in [7, 11) is -3.76. The Labute approximate surface area is 164 Å². The zero-order chi connectivity index (χ0) is 20.5. The van der Waals surface area contributed by atoms with E-state index in [1.54, 1.807) is 12.1 Å². The second-order valence-electron chi connectivity index (χ2n) is 7.12. The van der Waals surface area contributed by atoms with Gasteiger partial charge in [-0.05, 0) is 32.0 Å². The number of nitrogens with two attached hydrogens (primary N) is 1. The molecule has 2 aliphatic heterocycles. The maximum Gasteiger partial charge on any atom is 0.254 e. The number of hydrogen-bond acceptors (Lipinski definition) is 6. The Morgan fingerprint density at radius 1 is 1.14 bits per heavy atom. The van der Waals surface area contributed by atoms with Gasteiger partial charge in [0, 0.05) is 25.2 Å². The number of nitrogens with zero attached hydrogens (tertiary/aromatic N) is 2. The molecule has 2 fully saturated rings. The third kappa shape index (κ3) is 4.35. The average Bonchev–Trinajstić information content (AvgIpc) is 2.67. The number of rotatable bonds is 4. The number of primary amides is 1. The minimum atomic E-state index is -3.76. The van der Waals surface area contributed by atoms with Crippen LogP contribution in [0.4, 0.5) is 0 Å². The minimum absolute atomic E-state index is 0.0453. The third-order valence-corrected chi connectivity index (χ3v) is 6.60. The third-order valence-electron chi connectivity index (χ3n) is 4.78. The van der Waals surface area contributed by atoms with E-state index < -0.39 is 22.0 Å². The second-order valence-corrected chi connectivity index (χ2v) is 9.06. The van der Waals surface area contributed by atoms with Crippen LogP contribution in [0.3, 0.4) is 0 Å². The lowest BCUT2D eigenvalue weighted by Gasteiger charge is -2.34. The minimum Gasteiger partial charge on any atom is -0.373 e. The van der Waals surface area contributed by atoms with Gasteiger partial charge in [0.1, 0.15) is 0 Å². The van der Waals surface area contributed by atoms with Crippen molar-refractivity contribution in [2.45, 2.75) is 37.1 Å². The highest BCUT2D eigenvalue weighted by atomic mass is 32.2. The van der Waals surface area contributed by atoms with E-state index in [1.165, 1.54) is 21.3 Å². The molecule has 2 saturated heterocycles. The molecule has 9 nitrogen and oxygen atoms in total. The van der Waals surface area contributed by atoms with Crippen molar-refractivity contribution in [3.63, 3.8) is 0 Å². The van der Waals surface area contributed by atoms with Crippen molar-refractivity contribution in [2.24, 2.45) is 5.73 Å². The van der Waals surface area contributed by atoms with Gasteiger partial charge in [-0.3, -0.25) is 9.59 Å². The van der Waals surface area contributed by atoms with Gasteiger partial charge in [0.2, 0.25) is 15.9 Å². The van der Waals surface area contributed by atoms with Gasteiger partial charge in [0.25, 0.3) is 5.91 Å². The van der Waals surface area contributed by atoms with Crippen LogP contribution in [0.1, 0.15) is 24.2 Å². The lowest BCUT2D eigenvalue weighted by Crippen LogP contribution is -2.50. The summed E-state index contributed by atoms with van der Waals surface area (Å²) in [5, 5.41) is 0. The lowest BCUT2D eigenvalue weighted by molar-refractivity contribution is -0.133. The van der Waals surface area contributed by atoms with Crippen LogP contribution in [-0.4, -0.2) is 80.5 Å². The first-order chi connectivity index (χ1) is 13.2. The Bertz CT molecular complexity index is 849. The summed E-state index contributed by atoms with van der Waals surface area (Å²) in [6.45, 7) is 4.71. The smallest absolute Gasteiger partial charge is 0.254 e. The van der Waals surface area contributed by atoms with Gasteiger partial charge in [-0.15, -0.1) is 0 Å². The molecular weight excluding hydrogens is 386 g/mol. The van der Waals surface area contributed by atoms with E-state index in [1.807, 2.05) is 13.8 Å². The van der Waals surface area contributed by atoms with E-state index in [0.717, 1.165) is 0 Å². The molecule has 2 amide bonds. The number of carbonyl (C=O) groups is 2. The van der Waals surface area contributed by atoms with Crippen molar-refractivity contribution in [1.82, 2.24) is 9.21 Å². The zero-order valence-corrected chi connectivity index (χ0v) is 16.7. The van der Waals surface area contributed by atoms with E-state index in [-0.39, 0.29) is 54.8 Å². The van der Waals surface area contributed by atoms with Crippen molar-refractivity contribution >= 4 is 21.8 Å². The van der Waals surface area contributed by atoms with Gasteiger partial charge >= 0.3 is 0 Å². The number of ether oxygens (including phenoxy) is 2. The predicted molar refractivity (Wildman–Crippen MR) is 100 cm³/mol. The molecule has 1 aromatic rings. The fourth-order valence-corrected chi connectivity index (χ4v) is 5.09. The fourth-order valence-electron chi connectivity index (χ4n) is 3.45. The van der Waals surface area contributed by atoms with Gasteiger partial charge in [-0.25, -0.2) is 8.42 Å². The first-order valence-corrected chi connectivity index (χ1v) is 10.6. The molecule has 154 valence electrons. The molecule has 2 aliphatic rings. The summed E-state index contributed by atoms with van der Waals surface area (Å²) in [5.41, 5.74) is 5.49. The quantitative estimate of drug-likeness (QED) is 0.734. The number of morpholine rings is 2. The molecule has 2 heterocycles. The van der Waals surface area contributed by atoms with Gasteiger partial charge in [0.05, 0.1) is 30.3 Å². The van der Waals surface area contributed by atoms with Gasteiger partial charge in [-0.1, -0.05) is 6.07 Å². The molecule has 3 atom stereocenters. The van der Waals surface area contributed by atoms with Crippen LogP contribution in [0.15, 0.2) is 29.2 Å². The Morgan fingerprint density at radius 2 is 1.82 bits per heavy atom. The summed E-state index contributed by atoms with van der Waals surface area (Å²) in [6, 6.07) is 5.94. The van der Waals surface area contributed by atoms with Crippen molar-refractivity contribution in [1.29, 1.82) is 0 Å². The van der Waals surface area contributed by atoms with Crippen LogP contribution < -0.4 is 5.73 Å². The van der Waals surface area contributed by atoms with Crippen molar-refractivity contribution in [2.75, 3.05) is 32.8 Å². The molecule has 0 bridgehead atoms. The Balaban J connectivity index is 1.81. The molecular formula is C18H25N3O6S. The first kappa shape index (κ1) is 20.7. The number of carbonyl (C=O) groups excluding carboxylic acids is 2. The number of benzene rings is 1. The van der Waals surface area contributed by atoms with Crippen LogP contribution >= 0.6 is 0 Å². The van der Waals surface area contributed by atoms with Crippen molar-refractivity contribution in [3.8, 4) is 0 Å². The standard InChI is InChI=1S/C18H25N3O6S/c1-12-9-21(10-13(2)27-12)28(24,25)15-5-3-4-14(8-15)18(23)20-6-7-26-16(11-20)17(19)22/h3-5,8,12-13,16H,6-7,9-11H2,1-2H3,(H2,19,22). The summed E-state index contributed by atoms with van der Waals surface area (Å²) in [6.07, 6.45) is -1.27. The Hall–Kier alpha value is -2.01. The highest BCUT2D eigenvalue weighted by Crippen LogP contribution is 2.22. The molecule has 10 heteroatoms. The predicted octanol–water partition coefficient (Wildman–Crippen LogP) is -0.189. The molecule has 0 aliphatic carbocycles. The van der Waals surface area contributed by atoms with Gasteiger partial charge in [-0.2, -0.15) is 4.31 Å². The van der Waals surface area contributed by atoms with Crippen LogP contribution in [-0.2, 0) is 24.3 Å². The summed E-state index contributed by atoms with van der Waals surface area (Å²) in [4.78, 5) is 25.7. The van der Waals surface area contributed by atoms with Crippen molar-refractivity contribution < 1.29 is 27.5 Å². The van der Waals surface area contributed by atoms with E-state index in [4.69, 9.17) is 15.2 Å². The first-order valence-electron chi connectivity index (χ1n) is 9.14. The normalized spacial score (nSPS) is 26.8. The lowest BCUT2D eigenvalue weighted by atomic mass is 10.1. The van der Waals surface area contributed by atoms with E-state index >= 15 is 0 Å². The summed E-state index contributed by atoms with van der Waals surface area (Å²) < 4.78 is 38.3. The Morgan fingerprint density at radius 3 is 2.46 bits per heavy atom. The van der Waals surface area contributed by atoms with Crippen molar-refractivity contribution in [3.05, 3.63) is 29.8 Å². The highest BCUT2D eigenvalue weighted by Gasteiger charge is 2.33. The topological polar surface area (TPSA) is 119 Å². The van der Waals surface area contributed by atoms with Gasteiger partial charge in [0.15, 0.2) is 6.10 Å². The number of sulfonamides is 1. The summed E-state index contributed by atoms with van der Waals surface area (Å²) in [5.74, 6) is -1.00. The SMILES string of the molecule is CC1CN(S(=O)(=O)c2cccc(C(=O)N3CCOC(C(N)=O)C3)c2)CC(C)O1. The molecule has 2 N–H and O–H groups in total. The summed E-state index contributed by atoms with van der Waals surface area (Å²) >= 11 is 0. The largest absolute Gasteiger partial charge is 0.373 e. The van der Waals surface area contributed by atoms with Gasteiger partial charge < -0.3 is 20.1 Å². The van der Waals surface area contributed by atoms with E-state index in [2.05, 4.69) is 0 Å². The van der Waals surface area contributed by atoms with E-state index in [9.17, 15) is 18.0 Å². The molecule has 0 spiro atoms. The van der Waals surface area contributed by atoms with Crippen LogP contribution in [0.25, 0.3) is 0 Å². The monoisotopic (exact) mass is 411 g/mol. The van der Waals surface area contributed by atoms with E-state index in [0.29, 0.717) is 6.54 Å². The number of hydrogen-bond donors (Lipinski definition) is 1. The molecule has 0 saturated carbocycles. The molecule has 1 aromatic carbocycles. The average molecular weight is 411 g/mol.